The molecule has 1 aromatic heterocycles. The maximum absolute atomic E-state index is 11.8. The third-order valence-corrected chi connectivity index (χ3v) is 3.21. The third kappa shape index (κ3) is 3.82. The molecule has 0 aliphatic carbocycles. The molecule has 104 valence electrons. The van der Waals surface area contributed by atoms with Crippen LogP contribution < -0.4 is 10.1 Å². The van der Waals surface area contributed by atoms with Crippen LogP contribution in [-0.2, 0) is 4.79 Å². The Balaban J connectivity index is 1.85. The summed E-state index contributed by atoms with van der Waals surface area (Å²) in [6, 6.07) is 6.49. The first-order valence-electron chi connectivity index (χ1n) is 5.65. The average Bonchev–Trinajstić information content (AvgIpc) is 2.98. The fourth-order valence-electron chi connectivity index (χ4n) is 1.37. The second-order valence-electron chi connectivity index (χ2n) is 3.69. The van der Waals surface area contributed by atoms with Crippen molar-refractivity contribution in [1.82, 2.24) is 20.5 Å². The number of hydrogen-bond donors (Lipinski definition) is 2. The first-order chi connectivity index (χ1) is 9.69. The number of H-pyrrole nitrogens is 1. The second kappa shape index (κ2) is 6.71. The Hall–Kier alpha value is -2.35. The minimum atomic E-state index is -0.448. The molecule has 0 unspecified atom stereocenters. The quantitative estimate of drug-likeness (QED) is 0.793. The van der Waals surface area contributed by atoms with Gasteiger partial charge in [-0.15, -0.1) is 0 Å². The van der Waals surface area contributed by atoms with Gasteiger partial charge in [0.1, 0.15) is 12.1 Å². The summed E-state index contributed by atoms with van der Waals surface area (Å²) in [6.07, 6.45) is 1.35. The van der Waals surface area contributed by atoms with Crippen LogP contribution in [0.2, 0.25) is 0 Å². The van der Waals surface area contributed by atoms with Crippen molar-refractivity contribution in [2.75, 3.05) is 12.9 Å². The van der Waals surface area contributed by atoms with E-state index >= 15 is 0 Å². The molecule has 0 fully saturated rings. The molecular weight excluding hydrogens is 280 g/mol. The fourth-order valence-corrected chi connectivity index (χ4v) is 1.95. The van der Waals surface area contributed by atoms with Crippen molar-refractivity contribution in [2.45, 2.75) is 5.16 Å². The molecule has 8 heteroatoms. The van der Waals surface area contributed by atoms with Crippen molar-refractivity contribution in [1.29, 1.82) is 0 Å². The van der Waals surface area contributed by atoms with Crippen molar-refractivity contribution in [3.05, 3.63) is 36.2 Å². The number of carbonyl (C=O) groups excluding carboxylic acids is 2. The zero-order chi connectivity index (χ0) is 14.4. The van der Waals surface area contributed by atoms with E-state index in [1.165, 1.54) is 18.1 Å². The van der Waals surface area contributed by atoms with Crippen LogP contribution in [0.4, 0.5) is 0 Å². The van der Waals surface area contributed by atoms with Gasteiger partial charge < -0.3 is 4.74 Å². The number of nitrogens with one attached hydrogen (secondary N) is 2. The molecule has 2 amide bonds. The number of aromatic nitrogens is 3. The van der Waals surface area contributed by atoms with E-state index in [4.69, 9.17) is 4.74 Å². The smallest absolute Gasteiger partial charge is 0.257 e. The van der Waals surface area contributed by atoms with Gasteiger partial charge in [-0.2, -0.15) is 5.10 Å². The number of benzene rings is 1. The van der Waals surface area contributed by atoms with Gasteiger partial charge in [0.05, 0.1) is 12.9 Å². The molecule has 20 heavy (non-hydrogen) atoms. The number of imide groups is 1. The number of nitrogens with zero attached hydrogens (tertiary/aromatic N) is 2. The second-order valence-corrected chi connectivity index (χ2v) is 4.65. The number of carbonyl (C=O) groups is 2. The molecule has 2 aromatic rings. The molecule has 0 saturated heterocycles. The van der Waals surface area contributed by atoms with Gasteiger partial charge in [0.2, 0.25) is 5.91 Å². The Labute approximate surface area is 119 Å². The topological polar surface area (TPSA) is 97.0 Å². The van der Waals surface area contributed by atoms with E-state index in [-0.39, 0.29) is 5.75 Å². The van der Waals surface area contributed by atoms with Crippen LogP contribution in [0.25, 0.3) is 0 Å². The van der Waals surface area contributed by atoms with E-state index in [1.54, 1.807) is 31.4 Å². The van der Waals surface area contributed by atoms with Gasteiger partial charge in [-0.3, -0.25) is 20.0 Å². The lowest BCUT2D eigenvalue weighted by molar-refractivity contribution is -0.117. The van der Waals surface area contributed by atoms with Gasteiger partial charge in [0.25, 0.3) is 5.91 Å². The molecule has 0 spiro atoms. The van der Waals surface area contributed by atoms with Crippen molar-refractivity contribution >= 4 is 23.6 Å². The van der Waals surface area contributed by atoms with Gasteiger partial charge in [0.15, 0.2) is 5.16 Å². The summed E-state index contributed by atoms with van der Waals surface area (Å²) in [7, 11) is 1.54. The molecule has 0 saturated carbocycles. The Kier molecular flexibility index (Phi) is 4.72. The number of thioether (sulfide) groups is 1. The highest BCUT2D eigenvalue weighted by Crippen LogP contribution is 2.12. The molecule has 7 nitrogen and oxygen atoms in total. The molecule has 0 aliphatic heterocycles. The van der Waals surface area contributed by atoms with Crippen LogP contribution in [-0.4, -0.2) is 39.9 Å². The zero-order valence-corrected chi connectivity index (χ0v) is 11.4. The molecule has 1 heterocycles. The van der Waals surface area contributed by atoms with Crippen molar-refractivity contribution < 1.29 is 14.3 Å². The molecule has 2 N–H and O–H groups in total. The summed E-state index contributed by atoms with van der Waals surface area (Å²) < 4.78 is 4.99. The minimum Gasteiger partial charge on any atom is -0.497 e. The summed E-state index contributed by atoms with van der Waals surface area (Å²) in [5.74, 6) is -0.117. The van der Waals surface area contributed by atoms with Gasteiger partial charge in [-0.25, -0.2) is 4.98 Å². The Morgan fingerprint density at radius 3 is 2.70 bits per heavy atom. The zero-order valence-electron chi connectivity index (χ0n) is 10.6. The van der Waals surface area contributed by atoms with Gasteiger partial charge in [-0.1, -0.05) is 11.8 Å². The predicted molar refractivity (Wildman–Crippen MR) is 72.6 cm³/mol. The minimum absolute atomic E-state index is 0.0804. The lowest BCUT2D eigenvalue weighted by Gasteiger charge is -2.04. The summed E-state index contributed by atoms with van der Waals surface area (Å²) in [6.45, 7) is 0. The summed E-state index contributed by atoms with van der Waals surface area (Å²) in [5.41, 5.74) is 0.392. The molecule has 0 radical (unpaired) electrons. The van der Waals surface area contributed by atoms with E-state index in [2.05, 4.69) is 20.5 Å². The van der Waals surface area contributed by atoms with E-state index in [9.17, 15) is 9.59 Å². The van der Waals surface area contributed by atoms with E-state index < -0.39 is 11.8 Å². The van der Waals surface area contributed by atoms with E-state index in [1.807, 2.05) is 0 Å². The molecule has 0 bridgehead atoms. The number of rotatable bonds is 5. The van der Waals surface area contributed by atoms with Crippen molar-refractivity contribution in [2.24, 2.45) is 0 Å². The van der Waals surface area contributed by atoms with E-state index in [0.717, 1.165) is 0 Å². The van der Waals surface area contributed by atoms with Crippen LogP contribution in [0, 0.1) is 0 Å². The highest BCUT2D eigenvalue weighted by atomic mass is 32.2. The standard InChI is InChI=1S/C12H12N4O3S/c1-19-9-4-2-8(3-5-9)11(18)15-10(17)6-20-12-13-7-14-16-12/h2-5,7H,6H2,1H3,(H,13,14,16)(H,15,17,18). The molecular formula is C12H12N4O3S. The third-order valence-electron chi connectivity index (χ3n) is 2.34. The first kappa shape index (κ1) is 14.1. The predicted octanol–water partition coefficient (Wildman–Crippen LogP) is 0.862. The van der Waals surface area contributed by atoms with Crippen LogP contribution in [0.5, 0.6) is 5.75 Å². The highest BCUT2D eigenvalue weighted by Gasteiger charge is 2.11. The number of hydrogen-bond acceptors (Lipinski definition) is 6. The Bertz CT molecular complexity index is 583. The van der Waals surface area contributed by atoms with Crippen LogP contribution >= 0.6 is 11.8 Å². The van der Waals surface area contributed by atoms with Gasteiger partial charge in [-0.05, 0) is 24.3 Å². The summed E-state index contributed by atoms with van der Waals surface area (Å²) in [5, 5.41) is 9.09. The number of aromatic amines is 1. The monoisotopic (exact) mass is 292 g/mol. The Morgan fingerprint density at radius 2 is 2.10 bits per heavy atom. The van der Waals surface area contributed by atoms with Crippen molar-refractivity contribution in [3.63, 3.8) is 0 Å². The van der Waals surface area contributed by atoms with Crippen LogP contribution in [0.1, 0.15) is 10.4 Å². The van der Waals surface area contributed by atoms with Crippen LogP contribution in [0.3, 0.4) is 0 Å². The maximum atomic E-state index is 11.8. The number of ether oxygens (including phenoxy) is 1. The van der Waals surface area contributed by atoms with E-state index in [0.29, 0.717) is 16.5 Å². The molecule has 2 rings (SSSR count). The molecule has 1 aromatic carbocycles. The van der Waals surface area contributed by atoms with Gasteiger partial charge >= 0.3 is 0 Å². The molecule has 0 atom stereocenters. The SMILES string of the molecule is COc1ccc(C(=O)NC(=O)CSc2ncn[nH]2)cc1. The van der Waals surface area contributed by atoms with Crippen LogP contribution in [0.15, 0.2) is 35.7 Å². The Morgan fingerprint density at radius 1 is 1.35 bits per heavy atom. The maximum Gasteiger partial charge on any atom is 0.257 e. The molecule has 0 aliphatic rings. The van der Waals surface area contributed by atoms with Crippen molar-refractivity contribution in [3.8, 4) is 5.75 Å². The average molecular weight is 292 g/mol. The number of amides is 2. The first-order valence-corrected chi connectivity index (χ1v) is 6.64. The lowest BCUT2D eigenvalue weighted by atomic mass is 10.2. The van der Waals surface area contributed by atoms with Gasteiger partial charge in [0, 0.05) is 5.56 Å². The summed E-state index contributed by atoms with van der Waals surface area (Å²) in [4.78, 5) is 27.3. The summed E-state index contributed by atoms with van der Waals surface area (Å²) >= 11 is 1.17. The fraction of sp³-hybridized carbons (Fsp3) is 0.167. The normalized spacial score (nSPS) is 10.1. The number of methoxy groups -OCH3 is 1. The highest BCUT2D eigenvalue weighted by molar-refractivity contribution is 7.99. The largest absolute Gasteiger partial charge is 0.497 e. The lowest BCUT2D eigenvalue weighted by Crippen LogP contribution is -2.31.